The monoisotopic (exact) mass is 413 g/mol. The summed E-state index contributed by atoms with van der Waals surface area (Å²) in [6, 6.07) is 5.87. The Kier molecular flexibility index (Phi) is 8.75. The molecule has 0 aliphatic carbocycles. The van der Waals surface area contributed by atoms with E-state index in [2.05, 4.69) is 64.8 Å². The lowest BCUT2D eigenvalue weighted by atomic mass is 9.87. The topological polar surface area (TPSA) is 79.5 Å². The lowest BCUT2D eigenvalue weighted by Gasteiger charge is -2.20. The molecule has 0 aliphatic rings. The van der Waals surface area contributed by atoms with Gasteiger partial charge in [-0.2, -0.15) is 0 Å². The number of ether oxygens (including phenoxy) is 1. The van der Waals surface area contributed by atoms with Crippen LogP contribution in [0.1, 0.15) is 39.7 Å². The zero-order chi connectivity index (χ0) is 18.9. The van der Waals surface area contributed by atoms with Crippen LogP contribution < -0.4 is 20.7 Å². The van der Waals surface area contributed by atoms with Gasteiger partial charge in [-0.3, -0.25) is 4.79 Å². The molecule has 3 amide bonds. The van der Waals surface area contributed by atoms with Crippen LogP contribution in [0.2, 0.25) is 0 Å². The maximum Gasteiger partial charge on any atom is 0.314 e. The molecule has 0 radical (unpaired) electrons. The van der Waals surface area contributed by atoms with Crippen molar-refractivity contribution in [2.75, 3.05) is 26.2 Å². The second kappa shape index (κ2) is 10.3. The number of rotatable bonds is 8. The number of hydrogen-bond donors (Lipinski definition) is 3. The van der Waals surface area contributed by atoms with Crippen molar-refractivity contribution in [1.29, 1.82) is 0 Å². The molecule has 0 saturated carbocycles. The summed E-state index contributed by atoms with van der Waals surface area (Å²) in [4.78, 5) is 22.2. The van der Waals surface area contributed by atoms with Crippen LogP contribution in [0, 0.1) is 0 Å². The lowest BCUT2D eigenvalue weighted by Crippen LogP contribution is -2.40. The summed E-state index contributed by atoms with van der Waals surface area (Å²) in [5.41, 5.74) is 1.34. The molecule has 1 aromatic carbocycles. The molecule has 3 N–H and O–H groups in total. The van der Waals surface area contributed by atoms with E-state index in [1.807, 2.05) is 6.07 Å². The van der Waals surface area contributed by atoms with Crippen LogP contribution in [-0.4, -0.2) is 38.2 Å². The number of carbonyl (C=O) groups excluding carboxylic acids is 2. The molecule has 0 bridgehead atoms. The molecule has 0 unspecified atom stereocenters. The summed E-state index contributed by atoms with van der Waals surface area (Å²) < 4.78 is 6.68. The molecule has 0 atom stereocenters. The lowest BCUT2D eigenvalue weighted by molar-refractivity contribution is -0.118. The maximum atomic E-state index is 11.5. The molecule has 0 aromatic heterocycles. The van der Waals surface area contributed by atoms with Gasteiger partial charge in [0.15, 0.2) is 0 Å². The quantitative estimate of drug-likeness (QED) is 0.573. The van der Waals surface area contributed by atoms with Gasteiger partial charge in [0.1, 0.15) is 5.75 Å². The Balaban J connectivity index is 2.21. The summed E-state index contributed by atoms with van der Waals surface area (Å²) in [7, 11) is 0. The molecule has 140 valence electrons. The third kappa shape index (κ3) is 8.77. The van der Waals surface area contributed by atoms with E-state index in [9.17, 15) is 9.59 Å². The average molecular weight is 414 g/mol. The largest absolute Gasteiger partial charge is 0.492 e. The Morgan fingerprint density at radius 1 is 1.08 bits per heavy atom. The highest BCUT2D eigenvalue weighted by Gasteiger charge is 2.15. The van der Waals surface area contributed by atoms with Gasteiger partial charge >= 0.3 is 6.03 Å². The van der Waals surface area contributed by atoms with Crippen molar-refractivity contribution in [3.8, 4) is 5.75 Å². The third-order valence-corrected chi connectivity index (χ3v) is 4.07. The standard InChI is InChI=1S/C18H28BrN3O3/c1-13(23)20-9-10-22-17(24)21-8-5-11-25-16-7-6-14(12-15(16)19)18(2,3)4/h6-7,12H,5,8-11H2,1-4H3,(H,20,23)(H2,21,22,24). The van der Waals surface area contributed by atoms with E-state index < -0.39 is 0 Å². The second-order valence-electron chi connectivity index (χ2n) is 6.76. The number of nitrogens with one attached hydrogen (secondary N) is 3. The van der Waals surface area contributed by atoms with E-state index in [4.69, 9.17) is 4.74 Å². The van der Waals surface area contributed by atoms with Crippen molar-refractivity contribution < 1.29 is 14.3 Å². The molecule has 1 aromatic rings. The van der Waals surface area contributed by atoms with Gasteiger partial charge in [0.2, 0.25) is 5.91 Å². The molecule has 6 nitrogen and oxygen atoms in total. The SMILES string of the molecule is CC(=O)NCCNC(=O)NCCCOc1ccc(C(C)(C)C)cc1Br. The van der Waals surface area contributed by atoms with Gasteiger partial charge in [-0.1, -0.05) is 26.8 Å². The van der Waals surface area contributed by atoms with E-state index in [1.54, 1.807) is 0 Å². The molecule has 1 rings (SSSR count). The molecule has 7 heteroatoms. The first-order chi connectivity index (χ1) is 11.7. The number of benzene rings is 1. The Hall–Kier alpha value is -1.76. The van der Waals surface area contributed by atoms with Crippen molar-refractivity contribution in [2.45, 2.75) is 39.5 Å². The Morgan fingerprint density at radius 3 is 2.32 bits per heavy atom. The van der Waals surface area contributed by atoms with E-state index in [1.165, 1.54) is 12.5 Å². The first-order valence-electron chi connectivity index (χ1n) is 8.39. The number of hydrogen-bond acceptors (Lipinski definition) is 3. The van der Waals surface area contributed by atoms with Gasteiger partial charge in [0, 0.05) is 26.6 Å². The van der Waals surface area contributed by atoms with Crippen molar-refractivity contribution >= 4 is 27.9 Å². The van der Waals surface area contributed by atoms with Gasteiger partial charge in [-0.15, -0.1) is 0 Å². The van der Waals surface area contributed by atoms with Gasteiger partial charge in [-0.25, -0.2) is 4.79 Å². The molecular weight excluding hydrogens is 386 g/mol. The highest BCUT2D eigenvalue weighted by molar-refractivity contribution is 9.10. The zero-order valence-electron chi connectivity index (χ0n) is 15.4. The van der Waals surface area contributed by atoms with Crippen LogP contribution in [0.15, 0.2) is 22.7 Å². The molecule has 0 heterocycles. The Morgan fingerprint density at radius 2 is 1.72 bits per heavy atom. The minimum Gasteiger partial charge on any atom is -0.492 e. The molecule has 0 aliphatic heterocycles. The summed E-state index contributed by atoms with van der Waals surface area (Å²) in [5.74, 6) is 0.689. The van der Waals surface area contributed by atoms with E-state index in [-0.39, 0.29) is 17.4 Å². The fraction of sp³-hybridized carbons (Fsp3) is 0.556. The van der Waals surface area contributed by atoms with Crippen molar-refractivity contribution in [1.82, 2.24) is 16.0 Å². The predicted octanol–water partition coefficient (Wildman–Crippen LogP) is 2.95. The maximum absolute atomic E-state index is 11.5. The normalized spacial score (nSPS) is 10.9. The molecule has 0 spiro atoms. The second-order valence-corrected chi connectivity index (χ2v) is 7.62. The number of amides is 3. The average Bonchev–Trinajstić information content (AvgIpc) is 2.51. The summed E-state index contributed by atoms with van der Waals surface area (Å²) in [6.45, 7) is 9.80. The molecule has 0 saturated heterocycles. The minimum atomic E-state index is -0.249. The first kappa shape index (κ1) is 21.3. The number of halogens is 1. The van der Waals surface area contributed by atoms with Crippen molar-refractivity contribution in [3.05, 3.63) is 28.2 Å². The fourth-order valence-electron chi connectivity index (χ4n) is 2.02. The number of carbonyl (C=O) groups is 2. The smallest absolute Gasteiger partial charge is 0.314 e. The van der Waals surface area contributed by atoms with Gasteiger partial charge in [0.25, 0.3) is 0 Å². The Labute approximate surface area is 158 Å². The van der Waals surface area contributed by atoms with Crippen LogP contribution in [0.5, 0.6) is 5.75 Å². The summed E-state index contributed by atoms with van der Waals surface area (Å²) >= 11 is 3.54. The van der Waals surface area contributed by atoms with Crippen LogP contribution in [0.25, 0.3) is 0 Å². The van der Waals surface area contributed by atoms with Crippen LogP contribution in [-0.2, 0) is 10.2 Å². The van der Waals surface area contributed by atoms with Crippen molar-refractivity contribution in [3.63, 3.8) is 0 Å². The van der Waals surface area contributed by atoms with Crippen LogP contribution in [0.3, 0.4) is 0 Å². The zero-order valence-corrected chi connectivity index (χ0v) is 17.0. The predicted molar refractivity (Wildman–Crippen MR) is 103 cm³/mol. The third-order valence-electron chi connectivity index (χ3n) is 3.45. The van der Waals surface area contributed by atoms with Gasteiger partial charge < -0.3 is 20.7 Å². The van der Waals surface area contributed by atoms with Crippen LogP contribution in [0.4, 0.5) is 4.79 Å². The highest BCUT2D eigenvalue weighted by atomic mass is 79.9. The molecule has 0 fully saturated rings. The highest BCUT2D eigenvalue weighted by Crippen LogP contribution is 2.31. The summed E-state index contributed by atoms with van der Waals surface area (Å²) in [6.07, 6.45) is 0.701. The minimum absolute atomic E-state index is 0.0955. The van der Waals surface area contributed by atoms with Crippen LogP contribution >= 0.6 is 15.9 Å². The number of urea groups is 1. The van der Waals surface area contributed by atoms with Gasteiger partial charge in [-0.05, 0) is 45.5 Å². The van der Waals surface area contributed by atoms with Gasteiger partial charge in [0.05, 0.1) is 11.1 Å². The van der Waals surface area contributed by atoms with E-state index >= 15 is 0 Å². The molecule has 25 heavy (non-hydrogen) atoms. The van der Waals surface area contributed by atoms with E-state index in [0.717, 1.165) is 10.2 Å². The van der Waals surface area contributed by atoms with Crippen molar-refractivity contribution in [2.24, 2.45) is 0 Å². The Bertz CT molecular complexity index is 585. The first-order valence-corrected chi connectivity index (χ1v) is 9.18. The fourth-order valence-corrected chi connectivity index (χ4v) is 2.51. The summed E-state index contributed by atoms with van der Waals surface area (Å²) in [5, 5.41) is 8.02. The van der Waals surface area contributed by atoms with E-state index in [0.29, 0.717) is 32.7 Å². The molecular formula is C18H28BrN3O3.